The summed E-state index contributed by atoms with van der Waals surface area (Å²) in [6.07, 6.45) is 0. The van der Waals surface area contributed by atoms with E-state index < -0.39 is 29.6 Å². The second-order valence-electron chi connectivity index (χ2n) is 14.5. The molecule has 57 heavy (non-hydrogen) atoms. The molecule has 2 nitrogen and oxygen atoms in total. The van der Waals surface area contributed by atoms with Crippen LogP contribution in [-0.2, 0) is 5.41 Å². The van der Waals surface area contributed by atoms with Crippen LogP contribution in [0, 0.1) is 0 Å². The molecule has 12 rings (SSSR count). The molecule has 0 radical (unpaired) electrons. The van der Waals surface area contributed by atoms with Crippen molar-refractivity contribution in [3.8, 4) is 44.5 Å². The maximum absolute atomic E-state index is 9.87. The van der Waals surface area contributed by atoms with Gasteiger partial charge in [0.15, 0.2) is 0 Å². The largest absolute Gasteiger partial charge is 0.456 e. The van der Waals surface area contributed by atoms with Crippen LogP contribution in [0.15, 0.2) is 217 Å². The van der Waals surface area contributed by atoms with Crippen LogP contribution in [0.5, 0.6) is 0 Å². The van der Waals surface area contributed by atoms with Crippen molar-refractivity contribution in [3.05, 3.63) is 234 Å². The Hall–Kier alpha value is -7.42. The fourth-order valence-electron chi connectivity index (χ4n) is 9.27. The minimum absolute atomic E-state index is 0.0802. The maximum Gasteiger partial charge on any atom is 0.135 e. The summed E-state index contributed by atoms with van der Waals surface area (Å²) >= 11 is 0. The van der Waals surface area contributed by atoms with Crippen LogP contribution in [0.3, 0.4) is 0 Å². The minimum atomic E-state index is -0.790. The van der Waals surface area contributed by atoms with Gasteiger partial charge in [-0.3, -0.25) is 0 Å². The molecule has 1 aromatic heterocycles. The third-order valence-electron chi connectivity index (χ3n) is 11.6. The van der Waals surface area contributed by atoms with Crippen LogP contribution in [0.25, 0.3) is 66.4 Å². The van der Waals surface area contributed by atoms with Gasteiger partial charge in [0.25, 0.3) is 0 Å². The van der Waals surface area contributed by atoms with Gasteiger partial charge < -0.3 is 9.32 Å². The second kappa shape index (κ2) is 12.3. The molecule has 2 aliphatic rings. The van der Waals surface area contributed by atoms with Gasteiger partial charge in [-0.25, -0.2) is 0 Å². The van der Waals surface area contributed by atoms with Gasteiger partial charge in [0, 0.05) is 27.7 Å². The molecular weight excluding hydrogens is 691 g/mol. The Morgan fingerprint density at radius 1 is 0.386 bits per heavy atom. The summed E-state index contributed by atoms with van der Waals surface area (Å²) in [6.45, 7) is 0. The predicted octanol–water partition coefficient (Wildman–Crippen LogP) is 14.7. The molecule has 0 saturated carbocycles. The van der Waals surface area contributed by atoms with Gasteiger partial charge in [-0.05, 0) is 110 Å². The second-order valence-corrected chi connectivity index (χ2v) is 14.5. The molecule has 2 heteroatoms. The zero-order valence-corrected chi connectivity index (χ0v) is 30.4. The van der Waals surface area contributed by atoms with Gasteiger partial charge in [-0.1, -0.05) is 164 Å². The summed E-state index contributed by atoms with van der Waals surface area (Å²) in [5.74, 6) is 0. The lowest BCUT2D eigenvalue weighted by Gasteiger charge is -2.32. The fraction of sp³-hybridized carbons (Fsp3) is 0.0182. The number of benzene rings is 9. The Balaban J connectivity index is 1.18. The fourth-order valence-corrected chi connectivity index (χ4v) is 9.27. The first-order valence-electron chi connectivity index (χ1n) is 23.0. The van der Waals surface area contributed by atoms with E-state index in [0.717, 1.165) is 55.3 Å². The third kappa shape index (κ3) is 4.59. The van der Waals surface area contributed by atoms with Crippen LogP contribution in [-0.4, -0.2) is 0 Å². The molecule has 0 saturated heterocycles. The van der Waals surface area contributed by atoms with Crippen molar-refractivity contribution < 1.29 is 15.4 Å². The van der Waals surface area contributed by atoms with E-state index in [9.17, 15) is 11.0 Å². The van der Waals surface area contributed by atoms with Crippen molar-refractivity contribution in [1.29, 1.82) is 0 Å². The van der Waals surface area contributed by atoms with E-state index >= 15 is 0 Å². The third-order valence-corrected chi connectivity index (χ3v) is 11.6. The first-order valence-corrected chi connectivity index (χ1v) is 19.0. The van der Waals surface area contributed by atoms with Gasteiger partial charge in [0.05, 0.1) is 22.1 Å². The standard InChI is InChI=1S/C55H35NO/c1-2-13-36(14-3-1)37-25-30-40(31-26-37)56(41-32-27-38(28-33-41)39-29-34-53-46(35-39)44-17-7-11-24-52(44)57-53)51-23-12-22-50-54(51)45-18-6-10-21-49(45)55(50)47-19-8-4-15-42(47)43-16-5-9-20-48(43)55/h1-35H/i25D,26D,27D,28D,30D,31D,32D,33D. The van der Waals surface area contributed by atoms with E-state index in [4.69, 9.17) is 4.42 Å². The molecule has 10 aromatic rings. The number of fused-ring (bicyclic) bond motifs is 13. The summed E-state index contributed by atoms with van der Waals surface area (Å²) in [7, 11) is 0. The van der Waals surface area contributed by atoms with E-state index in [-0.39, 0.29) is 46.7 Å². The Kier molecular flexibility index (Phi) is 5.37. The smallest absolute Gasteiger partial charge is 0.135 e. The highest BCUT2D eigenvalue weighted by molar-refractivity contribution is 6.06. The van der Waals surface area contributed by atoms with E-state index in [1.807, 2.05) is 91.0 Å². The molecule has 9 aromatic carbocycles. The number of hydrogen-bond acceptors (Lipinski definition) is 2. The zero-order chi connectivity index (χ0) is 44.5. The van der Waals surface area contributed by atoms with Gasteiger partial charge in [0.2, 0.25) is 0 Å². The summed E-state index contributed by atoms with van der Waals surface area (Å²) < 4.78 is 83.5. The van der Waals surface area contributed by atoms with Crippen molar-refractivity contribution in [1.82, 2.24) is 0 Å². The topological polar surface area (TPSA) is 16.4 Å². The Bertz CT molecular complexity index is 3570. The zero-order valence-electron chi connectivity index (χ0n) is 38.4. The van der Waals surface area contributed by atoms with Gasteiger partial charge in [-0.15, -0.1) is 0 Å². The first kappa shape index (κ1) is 24.9. The average molecular weight is 734 g/mol. The SMILES string of the molecule is [2H]c1c([2H])c(N(c2cccc3c2-c2ccccc2C32c3ccccc3-c3ccccc32)c2c([2H])c([2H])c(-c3ccc4oc5ccccc5c4c3)c([2H])c2[2H])c([2H])c([2H])c1-c1ccccc1. The molecular formula is C55H35NO. The monoisotopic (exact) mass is 733 g/mol. The highest BCUT2D eigenvalue weighted by Gasteiger charge is 2.52. The van der Waals surface area contributed by atoms with Crippen LogP contribution in [0.1, 0.15) is 33.2 Å². The normalized spacial score (nSPS) is 15.0. The number of furan rings is 1. The molecule has 0 amide bonds. The lowest BCUT2D eigenvalue weighted by Crippen LogP contribution is -2.26. The Morgan fingerprint density at radius 3 is 1.60 bits per heavy atom. The molecule has 0 unspecified atom stereocenters. The first-order chi connectivity index (χ1) is 31.6. The summed E-state index contributed by atoms with van der Waals surface area (Å²) in [5.41, 5.74) is 9.54. The highest BCUT2D eigenvalue weighted by atomic mass is 16.3. The van der Waals surface area contributed by atoms with Crippen molar-refractivity contribution in [3.63, 3.8) is 0 Å². The number of hydrogen-bond donors (Lipinski definition) is 0. The molecule has 0 atom stereocenters. The summed E-state index contributed by atoms with van der Waals surface area (Å²) in [6, 6.07) is 49.6. The Labute approximate surface area is 342 Å². The van der Waals surface area contributed by atoms with Crippen LogP contribution < -0.4 is 4.90 Å². The van der Waals surface area contributed by atoms with Crippen molar-refractivity contribution in [2.45, 2.75) is 5.41 Å². The number of rotatable bonds is 5. The lowest BCUT2D eigenvalue weighted by molar-refractivity contribution is 0.669. The van der Waals surface area contributed by atoms with E-state index in [2.05, 4.69) is 36.4 Å². The predicted molar refractivity (Wildman–Crippen MR) is 236 cm³/mol. The van der Waals surface area contributed by atoms with Crippen molar-refractivity contribution >= 4 is 39.0 Å². The quantitative estimate of drug-likeness (QED) is 0.175. The summed E-state index contributed by atoms with van der Waals surface area (Å²) in [5, 5.41) is 1.62. The van der Waals surface area contributed by atoms with Crippen molar-refractivity contribution in [2.75, 3.05) is 4.90 Å². The van der Waals surface area contributed by atoms with E-state index in [1.54, 1.807) is 36.4 Å². The van der Waals surface area contributed by atoms with Gasteiger partial charge in [0.1, 0.15) is 11.2 Å². The van der Waals surface area contributed by atoms with Crippen LogP contribution in [0.4, 0.5) is 17.1 Å². The molecule has 0 aliphatic heterocycles. The minimum Gasteiger partial charge on any atom is -0.456 e. The summed E-state index contributed by atoms with van der Waals surface area (Å²) in [4.78, 5) is 1.45. The molecule has 0 bridgehead atoms. The van der Waals surface area contributed by atoms with E-state index in [1.165, 1.54) is 4.90 Å². The number of nitrogens with zero attached hydrogens (tertiary/aromatic N) is 1. The molecule has 1 spiro atoms. The van der Waals surface area contributed by atoms with Crippen LogP contribution in [0.2, 0.25) is 0 Å². The lowest BCUT2D eigenvalue weighted by atomic mass is 9.70. The highest BCUT2D eigenvalue weighted by Crippen LogP contribution is 2.64. The van der Waals surface area contributed by atoms with Gasteiger partial charge >= 0.3 is 0 Å². The van der Waals surface area contributed by atoms with E-state index in [0.29, 0.717) is 28.0 Å². The number of para-hydroxylation sites is 1. The molecule has 1 heterocycles. The maximum atomic E-state index is 9.87. The number of anilines is 3. The van der Waals surface area contributed by atoms with Crippen molar-refractivity contribution in [2.24, 2.45) is 0 Å². The molecule has 2 aliphatic carbocycles. The molecule has 0 N–H and O–H groups in total. The Morgan fingerprint density at radius 2 is 0.912 bits per heavy atom. The van der Waals surface area contributed by atoms with Gasteiger partial charge in [-0.2, -0.15) is 0 Å². The average Bonchev–Trinajstić information content (AvgIpc) is 3.97. The molecule has 266 valence electrons. The van der Waals surface area contributed by atoms with Crippen LogP contribution >= 0.6 is 0 Å². The molecule has 0 fully saturated rings.